The van der Waals surface area contributed by atoms with E-state index in [4.69, 9.17) is 27.9 Å². The number of aliphatic carboxylic acids is 1. The number of halogens is 2. The number of allylic oxidation sites excluding steroid dienone is 4. The molecule has 33 heavy (non-hydrogen) atoms. The van der Waals surface area contributed by atoms with E-state index >= 15 is 0 Å². The number of aromatic hydroxyl groups is 1. The molecular formula is C24H18Cl2O7. The molecule has 0 heterocycles. The molecule has 2 aromatic rings. The van der Waals surface area contributed by atoms with Crippen LogP contribution in [-0.4, -0.2) is 40.2 Å². The van der Waals surface area contributed by atoms with E-state index in [1.165, 1.54) is 51.3 Å². The Kier molecular flexibility index (Phi) is 6.67. The van der Waals surface area contributed by atoms with E-state index in [2.05, 4.69) is 0 Å². The number of phenols is 1. The molecule has 3 rings (SSSR count). The first-order chi connectivity index (χ1) is 15.5. The molecule has 170 valence electrons. The highest BCUT2D eigenvalue weighted by Crippen LogP contribution is 2.44. The summed E-state index contributed by atoms with van der Waals surface area (Å²) in [6, 6.07) is 5.82. The van der Waals surface area contributed by atoms with Gasteiger partial charge >= 0.3 is 11.9 Å². The highest BCUT2D eigenvalue weighted by molar-refractivity contribution is 6.39. The topological polar surface area (TPSA) is 121 Å². The molecule has 0 fully saturated rings. The summed E-state index contributed by atoms with van der Waals surface area (Å²) < 4.78 is 5.29. The summed E-state index contributed by atoms with van der Waals surface area (Å²) in [5.74, 6) is -3.57. The van der Waals surface area contributed by atoms with Crippen LogP contribution < -0.4 is 4.74 Å². The van der Waals surface area contributed by atoms with Crippen LogP contribution in [0.4, 0.5) is 0 Å². The van der Waals surface area contributed by atoms with Crippen LogP contribution in [0.3, 0.4) is 0 Å². The number of Topliss-reactive ketones (excluding diaryl/α,β-unsaturated/α-hetero) is 1. The average Bonchev–Trinajstić information content (AvgIpc) is 2.74. The summed E-state index contributed by atoms with van der Waals surface area (Å²) in [6.45, 7) is 2.99. The molecule has 0 radical (unpaired) electrons. The van der Waals surface area contributed by atoms with E-state index in [-0.39, 0.29) is 54.8 Å². The third-order valence-electron chi connectivity index (χ3n) is 5.14. The highest BCUT2D eigenvalue weighted by Gasteiger charge is 2.27. The zero-order valence-corrected chi connectivity index (χ0v) is 19.2. The smallest absolute Gasteiger partial charge is 0.339 e. The second-order valence-electron chi connectivity index (χ2n) is 7.28. The Labute approximate surface area is 198 Å². The first kappa shape index (κ1) is 24.1. The minimum Gasteiger partial charge on any atom is -0.507 e. The molecule has 0 unspecified atom stereocenters. The van der Waals surface area contributed by atoms with Gasteiger partial charge in [-0.15, -0.1) is 0 Å². The average molecular weight is 489 g/mol. The molecule has 0 spiro atoms. The van der Waals surface area contributed by atoms with Gasteiger partial charge in [0.15, 0.2) is 5.78 Å². The van der Waals surface area contributed by atoms with E-state index in [0.29, 0.717) is 0 Å². The predicted octanol–water partition coefficient (Wildman–Crippen LogP) is 5.06. The minimum absolute atomic E-state index is 0.100. The van der Waals surface area contributed by atoms with Crippen molar-refractivity contribution in [1.82, 2.24) is 0 Å². The summed E-state index contributed by atoms with van der Waals surface area (Å²) in [7, 11) is 1.41. The van der Waals surface area contributed by atoms with Crippen molar-refractivity contribution in [3.63, 3.8) is 0 Å². The van der Waals surface area contributed by atoms with Crippen LogP contribution in [0.25, 0.3) is 5.57 Å². The molecule has 3 N–H and O–H groups in total. The number of benzene rings is 2. The van der Waals surface area contributed by atoms with Crippen molar-refractivity contribution in [2.75, 3.05) is 7.11 Å². The molecule has 1 aliphatic carbocycles. The van der Waals surface area contributed by atoms with Gasteiger partial charge in [0.2, 0.25) is 0 Å². The molecular weight excluding hydrogens is 471 g/mol. The van der Waals surface area contributed by atoms with Crippen LogP contribution in [0, 0.1) is 6.92 Å². The maximum absolute atomic E-state index is 12.4. The molecule has 0 aliphatic heterocycles. The number of ether oxygens (including phenoxy) is 1. The number of methoxy groups -OCH3 is 1. The van der Waals surface area contributed by atoms with Gasteiger partial charge < -0.3 is 20.1 Å². The van der Waals surface area contributed by atoms with Crippen molar-refractivity contribution < 1.29 is 34.4 Å². The Morgan fingerprint density at radius 1 is 1.00 bits per heavy atom. The van der Waals surface area contributed by atoms with E-state index in [9.17, 15) is 29.7 Å². The molecule has 2 aromatic carbocycles. The monoisotopic (exact) mass is 488 g/mol. The zero-order valence-electron chi connectivity index (χ0n) is 17.7. The number of carbonyl (C=O) groups is 3. The third kappa shape index (κ3) is 4.37. The van der Waals surface area contributed by atoms with E-state index in [1.54, 1.807) is 6.07 Å². The number of carboxylic acids is 2. The van der Waals surface area contributed by atoms with Gasteiger partial charge in [0.1, 0.15) is 22.6 Å². The quantitative estimate of drug-likeness (QED) is 0.503. The molecule has 0 saturated carbocycles. The lowest BCUT2D eigenvalue weighted by molar-refractivity contribution is -0.134. The normalized spacial score (nSPS) is 15.0. The van der Waals surface area contributed by atoms with Gasteiger partial charge in [-0.1, -0.05) is 23.2 Å². The summed E-state index contributed by atoms with van der Waals surface area (Å²) >= 11 is 13.1. The summed E-state index contributed by atoms with van der Waals surface area (Å²) in [6.07, 6.45) is 2.65. The van der Waals surface area contributed by atoms with Crippen LogP contribution in [0.15, 0.2) is 53.1 Å². The Morgan fingerprint density at radius 3 is 2.24 bits per heavy atom. The van der Waals surface area contributed by atoms with Crippen molar-refractivity contribution in [2.24, 2.45) is 0 Å². The van der Waals surface area contributed by atoms with Crippen LogP contribution >= 0.6 is 23.2 Å². The van der Waals surface area contributed by atoms with E-state index in [1.807, 2.05) is 0 Å². The van der Waals surface area contributed by atoms with Gasteiger partial charge in [0.25, 0.3) is 0 Å². The third-order valence-corrected chi connectivity index (χ3v) is 5.83. The molecule has 0 saturated heterocycles. The first-order valence-electron chi connectivity index (χ1n) is 9.49. The molecule has 0 atom stereocenters. The van der Waals surface area contributed by atoms with Crippen LogP contribution in [0.1, 0.15) is 34.0 Å². The van der Waals surface area contributed by atoms with Gasteiger partial charge in [0, 0.05) is 5.56 Å². The number of hydrogen-bond donors (Lipinski definition) is 3. The SMILES string of the molecule is COc1ccc(Cl)c(C(=C2C=C(C)C(=O)C(C(=O)O)=C2)c2cc(C)c(O)c(C(=O)O)c2)c1Cl. The van der Waals surface area contributed by atoms with Crippen molar-refractivity contribution >= 4 is 46.5 Å². The molecule has 0 aromatic heterocycles. The molecule has 0 bridgehead atoms. The summed E-state index contributed by atoms with van der Waals surface area (Å²) in [5, 5.41) is 29.6. The summed E-state index contributed by atoms with van der Waals surface area (Å²) in [5.41, 5.74) is 0.644. The van der Waals surface area contributed by atoms with E-state index in [0.717, 1.165) is 0 Å². The van der Waals surface area contributed by atoms with Crippen LogP contribution in [-0.2, 0) is 9.59 Å². The highest BCUT2D eigenvalue weighted by atomic mass is 35.5. The number of aromatic carboxylic acids is 1. The second kappa shape index (κ2) is 9.13. The lowest BCUT2D eigenvalue weighted by Crippen LogP contribution is -2.17. The molecule has 9 heteroatoms. The first-order valence-corrected chi connectivity index (χ1v) is 10.2. The van der Waals surface area contributed by atoms with Crippen molar-refractivity contribution in [3.05, 3.63) is 85.4 Å². The largest absolute Gasteiger partial charge is 0.507 e. The Morgan fingerprint density at radius 2 is 1.67 bits per heavy atom. The maximum atomic E-state index is 12.4. The molecule has 0 amide bonds. The Bertz CT molecular complexity index is 1320. The number of carboxylic acid groups (broad SMARTS) is 2. The standard InChI is InChI=1S/C24H18Cl2O7/c1-10-6-12(8-14(21(10)27)23(29)30)18(19-16(25)4-5-17(33-3)20(19)26)13-7-11(2)22(28)15(9-13)24(31)32/h4-9,27H,1-3H3,(H,29,30)(H,31,32). The Balaban J connectivity index is 2.54. The van der Waals surface area contributed by atoms with Crippen molar-refractivity contribution in [2.45, 2.75) is 13.8 Å². The number of aryl methyl sites for hydroxylation is 1. The fourth-order valence-corrected chi connectivity index (χ4v) is 4.18. The maximum Gasteiger partial charge on any atom is 0.339 e. The number of carbonyl (C=O) groups excluding carboxylic acids is 1. The van der Waals surface area contributed by atoms with Gasteiger partial charge in [0.05, 0.1) is 17.2 Å². The minimum atomic E-state index is -1.42. The Hall–Kier alpha value is -3.55. The van der Waals surface area contributed by atoms with E-state index < -0.39 is 29.0 Å². The summed E-state index contributed by atoms with van der Waals surface area (Å²) in [4.78, 5) is 35.8. The number of hydrogen-bond acceptors (Lipinski definition) is 5. The molecule has 7 nitrogen and oxygen atoms in total. The second-order valence-corrected chi connectivity index (χ2v) is 8.07. The lowest BCUT2D eigenvalue weighted by atomic mass is 9.85. The van der Waals surface area contributed by atoms with Crippen LogP contribution in [0.2, 0.25) is 10.0 Å². The number of rotatable bonds is 5. The lowest BCUT2D eigenvalue weighted by Gasteiger charge is -2.20. The van der Waals surface area contributed by atoms with Gasteiger partial charge in [-0.05, 0) is 78.1 Å². The van der Waals surface area contributed by atoms with Gasteiger partial charge in [-0.25, -0.2) is 9.59 Å². The van der Waals surface area contributed by atoms with Gasteiger partial charge in [-0.3, -0.25) is 4.79 Å². The number of ketones is 1. The fourth-order valence-electron chi connectivity index (χ4n) is 3.54. The van der Waals surface area contributed by atoms with Crippen molar-refractivity contribution in [3.8, 4) is 11.5 Å². The van der Waals surface area contributed by atoms with Crippen LogP contribution in [0.5, 0.6) is 11.5 Å². The van der Waals surface area contributed by atoms with Gasteiger partial charge in [-0.2, -0.15) is 0 Å². The van der Waals surface area contributed by atoms with Crippen molar-refractivity contribution in [1.29, 1.82) is 0 Å². The fraction of sp³-hybridized carbons (Fsp3) is 0.125. The predicted molar refractivity (Wildman–Crippen MR) is 123 cm³/mol. The molecule has 1 aliphatic rings. The zero-order chi connectivity index (χ0) is 24.6.